The van der Waals surface area contributed by atoms with Crippen molar-refractivity contribution in [2.24, 2.45) is 5.92 Å². The summed E-state index contributed by atoms with van der Waals surface area (Å²) in [4.78, 5) is 35.7. The minimum atomic E-state index is -0.943. The number of rotatable bonds is 6. The zero-order valence-corrected chi connectivity index (χ0v) is 25.6. The van der Waals surface area contributed by atoms with E-state index in [0.717, 1.165) is 42.8 Å². The van der Waals surface area contributed by atoms with Crippen molar-refractivity contribution in [1.82, 2.24) is 25.3 Å². The second-order valence-electron chi connectivity index (χ2n) is 13.0. The average Bonchev–Trinajstić information content (AvgIpc) is 3.42. The Bertz CT molecular complexity index is 1280. The topological polar surface area (TPSA) is 113 Å². The molecule has 11 heteroatoms. The summed E-state index contributed by atoms with van der Waals surface area (Å²) in [5.41, 5.74) is 1.22. The fourth-order valence-electron chi connectivity index (χ4n) is 7.87. The maximum atomic E-state index is 14.6. The molecule has 0 bridgehead atoms. The number of ether oxygens (including phenoxy) is 2. The number of Topliss-reactive ketones (excluding diaryl/α,β-unsaturated/α-hetero) is 1. The molecule has 7 atom stereocenters. The van der Waals surface area contributed by atoms with E-state index in [2.05, 4.69) is 58.0 Å². The fraction of sp³-hybridized carbons (Fsp3) is 0.656. The number of likely N-dealkylation sites (N-methyl/N-ethyl adjacent to an activating group) is 2. The number of likely N-dealkylation sites (tertiary alicyclic amines) is 1. The lowest BCUT2D eigenvalue weighted by atomic mass is 9.71. The largest absolute Gasteiger partial charge is 0.475 e. The molecule has 6 unspecified atom stereocenters. The second kappa shape index (κ2) is 12.2. The molecule has 4 heterocycles. The molecule has 1 aromatic carbocycles. The first-order chi connectivity index (χ1) is 20.7. The molecule has 4 aliphatic heterocycles. The number of piperazine rings is 1. The summed E-state index contributed by atoms with van der Waals surface area (Å²) in [6.07, 6.45) is 4.53. The van der Waals surface area contributed by atoms with E-state index in [1.165, 1.54) is 6.08 Å². The summed E-state index contributed by atoms with van der Waals surface area (Å²) >= 11 is 0. The molecule has 11 nitrogen and oxygen atoms in total. The van der Waals surface area contributed by atoms with E-state index in [-0.39, 0.29) is 36.2 Å². The molecule has 0 aromatic heterocycles. The number of nitrogens with one attached hydrogen (secondary N) is 2. The molecular weight excluding hydrogens is 546 g/mol. The third-order valence-electron chi connectivity index (χ3n) is 10.2. The Morgan fingerprint density at radius 2 is 2.07 bits per heavy atom. The number of carbonyl (C=O) groups excluding carboxylic acids is 2. The van der Waals surface area contributed by atoms with Crippen LogP contribution in [0.5, 0.6) is 5.75 Å². The first-order valence-electron chi connectivity index (χ1n) is 15.7. The van der Waals surface area contributed by atoms with Gasteiger partial charge in [0.2, 0.25) is 5.91 Å². The van der Waals surface area contributed by atoms with Gasteiger partial charge in [-0.25, -0.2) is 0 Å². The van der Waals surface area contributed by atoms with E-state index in [1.807, 2.05) is 19.2 Å². The van der Waals surface area contributed by atoms with E-state index in [0.29, 0.717) is 45.2 Å². The number of fused-ring (bicyclic) bond motifs is 2. The van der Waals surface area contributed by atoms with Crippen LogP contribution >= 0.6 is 0 Å². The first-order valence-corrected chi connectivity index (χ1v) is 15.7. The van der Waals surface area contributed by atoms with Gasteiger partial charge < -0.3 is 24.2 Å². The maximum Gasteiger partial charge on any atom is 0.246 e. The van der Waals surface area contributed by atoms with E-state index >= 15 is 0 Å². The van der Waals surface area contributed by atoms with Crippen LogP contribution in [0.25, 0.3) is 0 Å². The van der Waals surface area contributed by atoms with Crippen molar-refractivity contribution in [3.8, 4) is 11.8 Å². The number of nitriles is 1. The Balaban J connectivity index is 1.26. The van der Waals surface area contributed by atoms with Gasteiger partial charge in [-0.2, -0.15) is 5.26 Å². The molecule has 43 heavy (non-hydrogen) atoms. The number of carbonyl (C=O) groups is 2. The van der Waals surface area contributed by atoms with Crippen LogP contribution in [0.3, 0.4) is 0 Å². The van der Waals surface area contributed by atoms with E-state index in [1.54, 1.807) is 4.90 Å². The summed E-state index contributed by atoms with van der Waals surface area (Å²) in [7, 11) is 4.16. The van der Waals surface area contributed by atoms with E-state index in [9.17, 15) is 14.9 Å². The van der Waals surface area contributed by atoms with Crippen LogP contribution in [-0.2, 0) is 14.3 Å². The van der Waals surface area contributed by atoms with Crippen LogP contribution in [0, 0.1) is 24.2 Å². The lowest BCUT2D eigenvalue weighted by Crippen LogP contribution is -2.76. The average molecular weight is 592 g/mol. The van der Waals surface area contributed by atoms with Crippen LogP contribution in [-0.4, -0.2) is 116 Å². The number of nitrogens with zero attached hydrogens (tertiary/aromatic N) is 5. The van der Waals surface area contributed by atoms with Crippen molar-refractivity contribution in [1.29, 1.82) is 5.26 Å². The van der Waals surface area contributed by atoms with Crippen LogP contribution in [0.4, 0.5) is 5.69 Å². The summed E-state index contributed by atoms with van der Waals surface area (Å²) in [6.45, 7) is 9.51. The van der Waals surface area contributed by atoms with Gasteiger partial charge in [-0.05, 0) is 70.0 Å². The highest BCUT2D eigenvalue weighted by Crippen LogP contribution is 2.44. The molecule has 3 saturated heterocycles. The molecule has 5 aliphatic rings. The number of aryl methyl sites for hydroxylation is 1. The van der Waals surface area contributed by atoms with Crippen molar-refractivity contribution in [3.05, 3.63) is 36.4 Å². The standard InChI is InChI=1S/C32H45N7O4/c1-5-27(40)39-16-15-38(18-22(39)11-13-33)30-24-10-12-32(20-37(4)25-17-21(2)8-9-26(25)43-32)29(41)28(24)34-31(35-30)42-19-23-7-6-14-36(23)3/h5,8-9,17,22-24,28,30-31,34-35H,1,6-7,10-12,14-16,18-20H2,2-4H3/t22?,23?,24?,28?,30?,31?,32-/m1/s1. The third-order valence-corrected chi connectivity index (χ3v) is 10.2. The minimum Gasteiger partial charge on any atom is -0.475 e. The molecule has 1 aliphatic carbocycles. The van der Waals surface area contributed by atoms with Crippen molar-refractivity contribution < 1.29 is 19.1 Å². The number of benzene rings is 1. The zero-order chi connectivity index (χ0) is 30.3. The van der Waals surface area contributed by atoms with Crippen LogP contribution in [0.1, 0.15) is 37.7 Å². The number of amides is 1. The SMILES string of the molecule is C=CC(=O)N1CCN(C2NC(OCC3CCCN3C)NC3C(=O)[C@@]4(CCC32)CN(C)c2cc(C)ccc2O4)CC1CC#N. The second-order valence-corrected chi connectivity index (χ2v) is 13.0. The predicted octanol–water partition coefficient (Wildman–Crippen LogP) is 1.44. The van der Waals surface area contributed by atoms with Crippen molar-refractivity contribution in [2.45, 2.75) is 75.3 Å². The number of hydrogen-bond donors (Lipinski definition) is 2. The monoisotopic (exact) mass is 591 g/mol. The summed E-state index contributed by atoms with van der Waals surface area (Å²) in [5.74, 6) is 0.636. The Morgan fingerprint density at radius 1 is 1.23 bits per heavy atom. The maximum absolute atomic E-state index is 14.6. The molecular formula is C32H45N7O4. The van der Waals surface area contributed by atoms with Crippen LogP contribution in [0.15, 0.2) is 30.9 Å². The quantitative estimate of drug-likeness (QED) is 0.471. The van der Waals surface area contributed by atoms with Crippen LogP contribution < -0.4 is 20.3 Å². The Morgan fingerprint density at radius 3 is 2.81 bits per heavy atom. The lowest BCUT2D eigenvalue weighted by Gasteiger charge is -2.55. The Hall–Kier alpha value is -3.01. The van der Waals surface area contributed by atoms with Gasteiger partial charge in [0.25, 0.3) is 0 Å². The smallest absolute Gasteiger partial charge is 0.246 e. The normalized spacial score (nSPS) is 34.8. The van der Waals surface area contributed by atoms with Gasteiger partial charge in [-0.15, -0.1) is 0 Å². The zero-order valence-electron chi connectivity index (χ0n) is 25.6. The summed E-state index contributed by atoms with van der Waals surface area (Å²) in [6, 6.07) is 8.01. The highest BCUT2D eigenvalue weighted by Gasteiger charge is 2.57. The molecule has 4 fully saturated rings. The van der Waals surface area contributed by atoms with Crippen molar-refractivity contribution >= 4 is 17.4 Å². The highest BCUT2D eigenvalue weighted by molar-refractivity contribution is 5.95. The number of ketones is 1. The molecule has 6 rings (SSSR count). The van der Waals surface area contributed by atoms with Gasteiger partial charge in [0, 0.05) is 38.6 Å². The molecule has 1 saturated carbocycles. The molecule has 1 spiro atoms. The number of hydrogen-bond acceptors (Lipinski definition) is 10. The van der Waals surface area contributed by atoms with Gasteiger partial charge in [0.15, 0.2) is 17.7 Å². The fourth-order valence-corrected chi connectivity index (χ4v) is 7.87. The molecule has 2 N–H and O–H groups in total. The van der Waals surface area contributed by atoms with Crippen molar-refractivity contribution in [2.75, 3.05) is 58.3 Å². The van der Waals surface area contributed by atoms with Gasteiger partial charge in [0.1, 0.15) is 5.75 Å². The van der Waals surface area contributed by atoms with Gasteiger partial charge >= 0.3 is 0 Å². The van der Waals surface area contributed by atoms with Gasteiger partial charge in [-0.1, -0.05) is 12.6 Å². The molecule has 0 radical (unpaired) electrons. The molecule has 1 aromatic rings. The third kappa shape index (κ3) is 5.67. The van der Waals surface area contributed by atoms with Crippen molar-refractivity contribution in [3.63, 3.8) is 0 Å². The molecule has 232 valence electrons. The van der Waals surface area contributed by atoms with E-state index < -0.39 is 18.0 Å². The Labute approximate surface area is 254 Å². The Kier molecular flexibility index (Phi) is 8.50. The summed E-state index contributed by atoms with van der Waals surface area (Å²) in [5, 5.41) is 16.8. The van der Waals surface area contributed by atoms with Gasteiger partial charge in [0.05, 0.1) is 49.6 Å². The molecule has 1 amide bonds. The predicted molar refractivity (Wildman–Crippen MR) is 162 cm³/mol. The lowest BCUT2D eigenvalue weighted by molar-refractivity contribution is -0.159. The van der Waals surface area contributed by atoms with Gasteiger partial charge in [-0.3, -0.25) is 25.1 Å². The summed E-state index contributed by atoms with van der Waals surface area (Å²) < 4.78 is 13.1. The number of anilines is 1. The highest BCUT2D eigenvalue weighted by atomic mass is 16.5. The van der Waals surface area contributed by atoms with E-state index in [4.69, 9.17) is 9.47 Å². The van der Waals surface area contributed by atoms with Crippen LogP contribution in [0.2, 0.25) is 0 Å². The first kappa shape index (κ1) is 30.0. The minimum absolute atomic E-state index is 0.0233.